The number of nitrogens with two attached hydrogens (primary N) is 1. The highest BCUT2D eigenvalue weighted by molar-refractivity contribution is 5.95. The average molecular weight is 270 g/mol. The molecule has 8 heteroatoms. The van der Waals surface area contributed by atoms with Gasteiger partial charge in [0, 0.05) is 19.8 Å². The Labute approximate surface area is 110 Å². The smallest absolute Gasteiger partial charge is 0.277 e. The standard InChI is InChI=1S/C11H18N4O4/c12-10-9(14-19-15-10)11(16)13-4-2-5-17-7-8-3-1-6-18-8/h8H,1-7H2,(H2,12,15)(H,13,16). The zero-order valence-corrected chi connectivity index (χ0v) is 10.6. The number of carbonyl (C=O) groups is 1. The molecule has 1 aliphatic rings. The molecule has 3 N–H and O–H groups in total. The van der Waals surface area contributed by atoms with Crippen molar-refractivity contribution in [3.8, 4) is 0 Å². The maximum absolute atomic E-state index is 11.6. The summed E-state index contributed by atoms with van der Waals surface area (Å²) in [5.41, 5.74) is 5.41. The Balaban J connectivity index is 1.52. The second-order valence-corrected chi connectivity index (χ2v) is 4.32. The molecule has 106 valence electrons. The fourth-order valence-electron chi connectivity index (χ4n) is 1.80. The molecule has 0 saturated carbocycles. The molecule has 8 nitrogen and oxygen atoms in total. The minimum atomic E-state index is -0.391. The van der Waals surface area contributed by atoms with Crippen LogP contribution in [-0.2, 0) is 9.47 Å². The van der Waals surface area contributed by atoms with Crippen LogP contribution in [0.2, 0.25) is 0 Å². The molecule has 1 fully saturated rings. The number of nitrogens with zero attached hydrogens (tertiary/aromatic N) is 2. The van der Waals surface area contributed by atoms with Gasteiger partial charge in [-0.3, -0.25) is 4.79 Å². The molecule has 1 aromatic rings. The highest BCUT2D eigenvalue weighted by atomic mass is 16.6. The number of nitrogens with one attached hydrogen (secondary N) is 1. The Morgan fingerprint density at radius 3 is 3.11 bits per heavy atom. The number of aromatic nitrogens is 2. The number of hydrogen-bond donors (Lipinski definition) is 2. The van der Waals surface area contributed by atoms with Crippen molar-refractivity contribution in [3.63, 3.8) is 0 Å². The molecule has 0 aliphatic carbocycles. The molecule has 2 rings (SSSR count). The van der Waals surface area contributed by atoms with Gasteiger partial charge in [0.2, 0.25) is 11.5 Å². The number of rotatable bonds is 7. The van der Waals surface area contributed by atoms with Crippen LogP contribution in [0.15, 0.2) is 4.63 Å². The molecule has 0 aromatic carbocycles. The number of carbonyl (C=O) groups excluding carboxylic acids is 1. The van der Waals surface area contributed by atoms with Gasteiger partial charge in [-0.15, -0.1) is 0 Å². The zero-order valence-electron chi connectivity index (χ0n) is 10.6. The van der Waals surface area contributed by atoms with Crippen LogP contribution in [0, 0.1) is 0 Å². The van der Waals surface area contributed by atoms with E-state index in [9.17, 15) is 4.79 Å². The highest BCUT2D eigenvalue weighted by Gasteiger charge is 2.16. The predicted molar refractivity (Wildman–Crippen MR) is 65.5 cm³/mol. The van der Waals surface area contributed by atoms with Gasteiger partial charge in [0.25, 0.3) is 5.91 Å². The molecule has 1 aromatic heterocycles. The minimum Gasteiger partial charge on any atom is -0.379 e. The Bertz CT molecular complexity index is 403. The van der Waals surface area contributed by atoms with Gasteiger partial charge in [-0.2, -0.15) is 0 Å². The molecule has 1 atom stereocenters. The van der Waals surface area contributed by atoms with Crippen molar-refractivity contribution in [3.05, 3.63) is 5.69 Å². The van der Waals surface area contributed by atoms with Gasteiger partial charge in [0.1, 0.15) is 0 Å². The van der Waals surface area contributed by atoms with E-state index in [2.05, 4.69) is 20.3 Å². The summed E-state index contributed by atoms with van der Waals surface area (Å²) in [5.74, 6) is -0.398. The molecule has 1 aliphatic heterocycles. The lowest BCUT2D eigenvalue weighted by atomic mass is 10.2. The van der Waals surface area contributed by atoms with Gasteiger partial charge in [0.15, 0.2) is 0 Å². The van der Waals surface area contributed by atoms with E-state index in [1.165, 1.54) is 0 Å². The van der Waals surface area contributed by atoms with Crippen molar-refractivity contribution in [1.29, 1.82) is 0 Å². The largest absolute Gasteiger partial charge is 0.379 e. The van der Waals surface area contributed by atoms with E-state index in [0.29, 0.717) is 26.2 Å². The third-order valence-corrected chi connectivity index (χ3v) is 2.81. The molecular formula is C11H18N4O4. The molecule has 19 heavy (non-hydrogen) atoms. The Morgan fingerprint density at radius 2 is 2.42 bits per heavy atom. The second-order valence-electron chi connectivity index (χ2n) is 4.32. The summed E-state index contributed by atoms with van der Waals surface area (Å²) < 4.78 is 15.2. The number of hydrogen-bond acceptors (Lipinski definition) is 7. The van der Waals surface area contributed by atoms with Crippen LogP contribution < -0.4 is 11.1 Å². The lowest BCUT2D eigenvalue weighted by molar-refractivity contribution is 0.0166. The monoisotopic (exact) mass is 270 g/mol. The molecule has 1 amide bonds. The maximum atomic E-state index is 11.6. The van der Waals surface area contributed by atoms with Crippen molar-refractivity contribution in [2.45, 2.75) is 25.4 Å². The van der Waals surface area contributed by atoms with Crippen LogP contribution in [0.25, 0.3) is 0 Å². The highest BCUT2D eigenvalue weighted by Crippen LogP contribution is 2.11. The lowest BCUT2D eigenvalue weighted by Gasteiger charge is -2.10. The molecule has 0 radical (unpaired) electrons. The summed E-state index contributed by atoms with van der Waals surface area (Å²) in [6, 6.07) is 0. The number of ether oxygens (including phenoxy) is 2. The van der Waals surface area contributed by atoms with Crippen LogP contribution in [-0.4, -0.2) is 48.7 Å². The molecule has 2 heterocycles. The second kappa shape index (κ2) is 7.05. The normalized spacial score (nSPS) is 18.6. The van der Waals surface area contributed by atoms with E-state index >= 15 is 0 Å². The number of anilines is 1. The molecule has 1 saturated heterocycles. The van der Waals surface area contributed by atoms with Crippen molar-refractivity contribution in [2.24, 2.45) is 0 Å². The zero-order chi connectivity index (χ0) is 13.5. The molecule has 0 bridgehead atoms. The number of amides is 1. The SMILES string of the molecule is Nc1nonc1C(=O)NCCCOCC1CCCO1. The van der Waals surface area contributed by atoms with Crippen molar-refractivity contribution in [1.82, 2.24) is 15.6 Å². The lowest BCUT2D eigenvalue weighted by Crippen LogP contribution is -2.26. The van der Waals surface area contributed by atoms with Crippen LogP contribution in [0.3, 0.4) is 0 Å². The third kappa shape index (κ3) is 4.18. The maximum Gasteiger partial charge on any atom is 0.277 e. The summed E-state index contributed by atoms with van der Waals surface area (Å²) >= 11 is 0. The summed E-state index contributed by atoms with van der Waals surface area (Å²) in [6.07, 6.45) is 3.12. The Hall–Kier alpha value is -1.67. The summed E-state index contributed by atoms with van der Waals surface area (Å²) in [5, 5.41) is 9.41. The van der Waals surface area contributed by atoms with Gasteiger partial charge in [0.05, 0.1) is 12.7 Å². The molecular weight excluding hydrogens is 252 g/mol. The summed E-state index contributed by atoms with van der Waals surface area (Å²) in [7, 11) is 0. The number of nitrogen functional groups attached to an aromatic ring is 1. The van der Waals surface area contributed by atoms with E-state index in [-0.39, 0.29) is 17.6 Å². The quantitative estimate of drug-likeness (QED) is 0.669. The van der Waals surface area contributed by atoms with Crippen molar-refractivity contribution in [2.75, 3.05) is 32.1 Å². The van der Waals surface area contributed by atoms with Gasteiger partial charge in [-0.1, -0.05) is 0 Å². The molecule has 0 spiro atoms. The van der Waals surface area contributed by atoms with E-state index in [4.69, 9.17) is 15.2 Å². The van der Waals surface area contributed by atoms with Gasteiger partial charge in [-0.05, 0) is 29.6 Å². The van der Waals surface area contributed by atoms with E-state index in [1.807, 2.05) is 0 Å². The van der Waals surface area contributed by atoms with E-state index in [0.717, 1.165) is 19.4 Å². The van der Waals surface area contributed by atoms with Gasteiger partial charge in [-0.25, -0.2) is 4.63 Å². The van der Waals surface area contributed by atoms with Crippen LogP contribution in [0.4, 0.5) is 5.82 Å². The fourth-order valence-corrected chi connectivity index (χ4v) is 1.80. The van der Waals surface area contributed by atoms with Crippen molar-refractivity contribution < 1.29 is 18.9 Å². The summed E-state index contributed by atoms with van der Waals surface area (Å²) in [4.78, 5) is 11.6. The molecule has 1 unspecified atom stereocenters. The first kappa shape index (κ1) is 13.8. The topological polar surface area (TPSA) is 112 Å². The van der Waals surface area contributed by atoms with E-state index < -0.39 is 5.91 Å². The fraction of sp³-hybridized carbons (Fsp3) is 0.727. The van der Waals surface area contributed by atoms with Crippen molar-refractivity contribution >= 4 is 11.7 Å². The predicted octanol–water partition coefficient (Wildman–Crippen LogP) is -0.0327. The van der Waals surface area contributed by atoms with Crippen LogP contribution in [0.1, 0.15) is 29.8 Å². The first-order valence-electron chi connectivity index (χ1n) is 6.33. The third-order valence-electron chi connectivity index (χ3n) is 2.81. The van der Waals surface area contributed by atoms with Crippen LogP contribution in [0.5, 0.6) is 0 Å². The Kier molecular flexibility index (Phi) is 5.10. The first-order valence-corrected chi connectivity index (χ1v) is 6.33. The van der Waals surface area contributed by atoms with E-state index in [1.54, 1.807) is 0 Å². The minimum absolute atomic E-state index is 0.00729. The van der Waals surface area contributed by atoms with Gasteiger partial charge >= 0.3 is 0 Å². The Morgan fingerprint density at radius 1 is 1.53 bits per heavy atom. The average Bonchev–Trinajstić information content (AvgIpc) is 3.04. The van der Waals surface area contributed by atoms with Crippen LogP contribution >= 0.6 is 0 Å². The first-order chi connectivity index (χ1) is 9.27. The summed E-state index contributed by atoms with van der Waals surface area (Å²) in [6.45, 7) is 2.51. The van der Waals surface area contributed by atoms with Gasteiger partial charge < -0.3 is 20.5 Å².